The molecule has 1 aliphatic heterocycles. The fourth-order valence-electron chi connectivity index (χ4n) is 3.41. The van der Waals surface area contributed by atoms with Gasteiger partial charge in [0.15, 0.2) is 0 Å². The number of piperidine rings is 1. The van der Waals surface area contributed by atoms with Gasteiger partial charge in [0.2, 0.25) is 11.8 Å². The fraction of sp³-hybridized carbons (Fsp3) is 0.292. The summed E-state index contributed by atoms with van der Waals surface area (Å²) in [6.45, 7) is 1.55. The van der Waals surface area contributed by atoms with E-state index in [0.717, 1.165) is 11.1 Å². The Hall–Kier alpha value is -3.41. The summed E-state index contributed by atoms with van der Waals surface area (Å²) in [5, 5.41) is 2.95. The molecule has 0 aliphatic carbocycles. The third-order valence-electron chi connectivity index (χ3n) is 5.24. The van der Waals surface area contributed by atoms with Crippen LogP contribution in [0, 0.1) is 5.92 Å². The second-order valence-corrected chi connectivity index (χ2v) is 7.25. The van der Waals surface area contributed by atoms with E-state index < -0.39 is 0 Å². The third kappa shape index (κ3) is 5.80. The van der Waals surface area contributed by atoms with Gasteiger partial charge in [-0.25, -0.2) is 4.79 Å². The predicted molar refractivity (Wildman–Crippen MR) is 114 cm³/mol. The molecule has 30 heavy (non-hydrogen) atoms. The van der Waals surface area contributed by atoms with Crippen molar-refractivity contribution in [3.05, 3.63) is 77.4 Å². The van der Waals surface area contributed by atoms with Crippen LogP contribution in [0.3, 0.4) is 0 Å². The van der Waals surface area contributed by atoms with Crippen LogP contribution in [0.15, 0.2) is 60.7 Å². The standard InChI is InChI=1S/C24H26N2O4/c1-30-24(29)21-10-7-19(8-11-21)17-25-23(28)20-13-15-26(16-14-20)22(27)12-9-18-5-3-2-4-6-18/h2-12,20H,13-17H2,1H3,(H,25,28)/b12-9+. The minimum Gasteiger partial charge on any atom is -0.465 e. The topological polar surface area (TPSA) is 75.7 Å². The Morgan fingerprint density at radius 3 is 2.33 bits per heavy atom. The normalized spacial score (nSPS) is 14.5. The van der Waals surface area contributed by atoms with Gasteiger partial charge in [-0.1, -0.05) is 42.5 Å². The monoisotopic (exact) mass is 406 g/mol. The molecule has 3 rings (SSSR count). The zero-order chi connectivity index (χ0) is 21.3. The Kier molecular flexibility index (Phi) is 7.38. The molecule has 2 aromatic rings. The summed E-state index contributed by atoms with van der Waals surface area (Å²) in [6.07, 6.45) is 4.70. The first-order chi connectivity index (χ1) is 14.6. The molecule has 0 bridgehead atoms. The van der Waals surface area contributed by atoms with Gasteiger partial charge in [0.05, 0.1) is 12.7 Å². The summed E-state index contributed by atoms with van der Waals surface area (Å²) in [7, 11) is 1.34. The molecule has 1 heterocycles. The minimum atomic E-state index is -0.384. The molecular weight excluding hydrogens is 380 g/mol. The Balaban J connectivity index is 1.43. The zero-order valence-electron chi connectivity index (χ0n) is 17.0. The van der Waals surface area contributed by atoms with E-state index in [1.165, 1.54) is 7.11 Å². The van der Waals surface area contributed by atoms with Crippen LogP contribution in [0.1, 0.15) is 34.3 Å². The van der Waals surface area contributed by atoms with E-state index in [-0.39, 0.29) is 23.7 Å². The molecule has 0 unspecified atom stereocenters. The first-order valence-corrected chi connectivity index (χ1v) is 10.0. The van der Waals surface area contributed by atoms with Crippen LogP contribution in [-0.2, 0) is 20.9 Å². The number of hydrogen-bond donors (Lipinski definition) is 1. The van der Waals surface area contributed by atoms with E-state index in [2.05, 4.69) is 10.1 Å². The van der Waals surface area contributed by atoms with Crippen molar-refractivity contribution >= 4 is 23.9 Å². The van der Waals surface area contributed by atoms with Crippen LogP contribution in [0.4, 0.5) is 0 Å². The van der Waals surface area contributed by atoms with Crippen LogP contribution in [0.2, 0.25) is 0 Å². The molecule has 1 aliphatic rings. The van der Waals surface area contributed by atoms with Crippen molar-refractivity contribution in [3.8, 4) is 0 Å². The first kappa shape index (κ1) is 21.3. The molecule has 6 heteroatoms. The molecule has 0 atom stereocenters. The second kappa shape index (κ2) is 10.4. The third-order valence-corrected chi connectivity index (χ3v) is 5.24. The lowest BCUT2D eigenvalue weighted by molar-refractivity contribution is -0.132. The maximum Gasteiger partial charge on any atom is 0.337 e. The van der Waals surface area contributed by atoms with E-state index >= 15 is 0 Å². The highest BCUT2D eigenvalue weighted by molar-refractivity contribution is 5.92. The number of carbonyl (C=O) groups excluding carboxylic acids is 3. The van der Waals surface area contributed by atoms with E-state index in [9.17, 15) is 14.4 Å². The highest BCUT2D eigenvalue weighted by Crippen LogP contribution is 2.18. The maximum absolute atomic E-state index is 12.5. The first-order valence-electron chi connectivity index (χ1n) is 10.0. The average Bonchev–Trinajstić information content (AvgIpc) is 2.81. The molecule has 0 spiro atoms. The van der Waals surface area contributed by atoms with Gasteiger partial charge < -0.3 is 15.0 Å². The molecule has 1 saturated heterocycles. The molecule has 1 fully saturated rings. The Morgan fingerprint density at radius 1 is 1.03 bits per heavy atom. The fourth-order valence-corrected chi connectivity index (χ4v) is 3.41. The number of benzene rings is 2. The van der Waals surface area contributed by atoms with Crippen molar-refractivity contribution < 1.29 is 19.1 Å². The number of amides is 2. The Labute approximate surface area is 176 Å². The van der Waals surface area contributed by atoms with Gasteiger partial charge in [-0.2, -0.15) is 0 Å². The summed E-state index contributed by atoms with van der Waals surface area (Å²) in [5.41, 5.74) is 2.38. The summed E-state index contributed by atoms with van der Waals surface area (Å²) >= 11 is 0. The molecule has 0 aromatic heterocycles. The van der Waals surface area contributed by atoms with Crippen molar-refractivity contribution in [2.75, 3.05) is 20.2 Å². The minimum absolute atomic E-state index is 0.000953. The zero-order valence-corrected chi connectivity index (χ0v) is 17.0. The SMILES string of the molecule is COC(=O)c1ccc(CNC(=O)C2CCN(C(=O)/C=C/c3ccccc3)CC2)cc1. The average molecular weight is 406 g/mol. The molecule has 0 saturated carbocycles. The number of rotatable bonds is 6. The number of nitrogens with zero attached hydrogens (tertiary/aromatic N) is 1. The van der Waals surface area contributed by atoms with Crippen molar-refractivity contribution in [2.45, 2.75) is 19.4 Å². The number of likely N-dealkylation sites (tertiary alicyclic amines) is 1. The van der Waals surface area contributed by atoms with E-state index in [1.54, 1.807) is 35.2 Å². The van der Waals surface area contributed by atoms with Crippen LogP contribution in [0.25, 0.3) is 6.08 Å². The van der Waals surface area contributed by atoms with Crippen LogP contribution >= 0.6 is 0 Å². The van der Waals surface area contributed by atoms with Crippen molar-refractivity contribution in [3.63, 3.8) is 0 Å². The van der Waals surface area contributed by atoms with Crippen LogP contribution in [-0.4, -0.2) is 42.9 Å². The number of nitrogens with one attached hydrogen (secondary N) is 1. The smallest absolute Gasteiger partial charge is 0.337 e. The summed E-state index contributed by atoms with van der Waals surface area (Å²) in [4.78, 5) is 38.1. The van der Waals surface area contributed by atoms with Crippen molar-refractivity contribution in [2.24, 2.45) is 5.92 Å². The lowest BCUT2D eigenvalue weighted by atomic mass is 9.95. The van der Waals surface area contributed by atoms with Crippen molar-refractivity contribution in [1.82, 2.24) is 10.2 Å². The lowest BCUT2D eigenvalue weighted by Gasteiger charge is -2.30. The highest BCUT2D eigenvalue weighted by Gasteiger charge is 2.26. The van der Waals surface area contributed by atoms with E-state index in [0.29, 0.717) is 38.0 Å². The highest BCUT2D eigenvalue weighted by atomic mass is 16.5. The quantitative estimate of drug-likeness (QED) is 0.591. The van der Waals surface area contributed by atoms with Crippen molar-refractivity contribution in [1.29, 1.82) is 0 Å². The van der Waals surface area contributed by atoms with Gasteiger partial charge in [-0.3, -0.25) is 9.59 Å². The van der Waals surface area contributed by atoms with Gasteiger partial charge >= 0.3 is 5.97 Å². The Bertz CT molecular complexity index is 899. The lowest BCUT2D eigenvalue weighted by Crippen LogP contribution is -2.42. The summed E-state index contributed by atoms with van der Waals surface area (Å²) in [5.74, 6) is -0.505. The van der Waals surface area contributed by atoms with Crippen LogP contribution in [0.5, 0.6) is 0 Å². The Morgan fingerprint density at radius 2 is 1.70 bits per heavy atom. The molecule has 156 valence electrons. The molecule has 1 N–H and O–H groups in total. The maximum atomic E-state index is 12.5. The predicted octanol–water partition coefficient (Wildman–Crippen LogP) is 3.04. The number of carbonyl (C=O) groups is 3. The number of methoxy groups -OCH3 is 1. The molecule has 2 amide bonds. The molecule has 6 nitrogen and oxygen atoms in total. The van der Waals surface area contributed by atoms with Gasteiger partial charge in [0.1, 0.15) is 0 Å². The number of hydrogen-bond acceptors (Lipinski definition) is 4. The molecule has 2 aromatic carbocycles. The van der Waals surface area contributed by atoms with Crippen LogP contribution < -0.4 is 5.32 Å². The van der Waals surface area contributed by atoms with Gasteiger partial charge in [0.25, 0.3) is 0 Å². The van der Waals surface area contributed by atoms with E-state index in [4.69, 9.17) is 0 Å². The van der Waals surface area contributed by atoms with Gasteiger partial charge in [-0.05, 0) is 42.2 Å². The summed E-state index contributed by atoms with van der Waals surface area (Å²) < 4.78 is 4.68. The number of ether oxygens (including phenoxy) is 1. The van der Waals surface area contributed by atoms with Gasteiger partial charge in [-0.15, -0.1) is 0 Å². The second-order valence-electron chi connectivity index (χ2n) is 7.25. The summed E-state index contributed by atoms with van der Waals surface area (Å²) in [6, 6.07) is 16.7. The van der Waals surface area contributed by atoms with Gasteiger partial charge in [0, 0.05) is 31.6 Å². The molecular formula is C24H26N2O4. The van der Waals surface area contributed by atoms with E-state index in [1.807, 2.05) is 36.4 Å². The molecule has 0 radical (unpaired) electrons. The largest absolute Gasteiger partial charge is 0.465 e. The number of esters is 1.